The van der Waals surface area contributed by atoms with Gasteiger partial charge in [-0.25, -0.2) is 0 Å². The first-order valence-electron chi connectivity index (χ1n) is 7.20. The zero-order valence-corrected chi connectivity index (χ0v) is 16.3. The maximum atomic E-state index is 11.8. The summed E-state index contributed by atoms with van der Waals surface area (Å²) in [4.78, 5) is 11.8. The van der Waals surface area contributed by atoms with Crippen LogP contribution in [0.2, 0.25) is 0 Å². The molecule has 0 fully saturated rings. The molecule has 0 N–H and O–H groups in total. The summed E-state index contributed by atoms with van der Waals surface area (Å²) < 4.78 is 22.3. The lowest BCUT2D eigenvalue weighted by Gasteiger charge is -2.35. The van der Waals surface area contributed by atoms with Gasteiger partial charge in [0.25, 0.3) is 7.82 Å². The Bertz CT molecular complexity index is 366. The van der Waals surface area contributed by atoms with E-state index < -0.39 is 7.82 Å². The van der Waals surface area contributed by atoms with Gasteiger partial charge in [0.1, 0.15) is 13.2 Å². The van der Waals surface area contributed by atoms with Crippen LogP contribution in [0.3, 0.4) is 0 Å². The first-order chi connectivity index (χ1) is 9.18. The van der Waals surface area contributed by atoms with Crippen molar-refractivity contribution in [3.8, 4) is 0 Å². The average Bonchev–Trinajstić information content (AvgIpc) is 2.23. The normalized spacial score (nSPS) is 16.8. The van der Waals surface area contributed by atoms with Gasteiger partial charge in [-0.15, -0.1) is 0 Å². The highest BCUT2D eigenvalue weighted by atomic mass is 32.1. The minimum absolute atomic E-state index is 0.0351. The van der Waals surface area contributed by atoms with Crippen molar-refractivity contribution >= 4 is 20.5 Å². The Hall–Kier alpha value is 0.420. The fourth-order valence-corrected chi connectivity index (χ4v) is 3.12. The Balaban J connectivity index is 4.32. The van der Waals surface area contributed by atoms with Crippen LogP contribution in [-0.4, -0.2) is 51.1 Å². The van der Waals surface area contributed by atoms with Crippen molar-refractivity contribution < 1.29 is 23.0 Å². The number of phosphoric acid groups is 1. The van der Waals surface area contributed by atoms with Gasteiger partial charge in [-0.05, 0) is 23.0 Å². The Morgan fingerprint density at radius 2 is 1.62 bits per heavy atom. The number of hydrogen-bond acceptors (Lipinski definition) is 5. The number of likely N-dealkylation sites (N-methyl/N-ethyl adjacent to an activating group) is 1. The quantitative estimate of drug-likeness (QED) is 0.377. The van der Waals surface area contributed by atoms with Crippen LogP contribution in [0.5, 0.6) is 0 Å². The topological polar surface area (TPSA) is 58.6 Å². The van der Waals surface area contributed by atoms with Crippen molar-refractivity contribution in [2.45, 2.75) is 34.1 Å². The van der Waals surface area contributed by atoms with Crippen molar-refractivity contribution in [2.24, 2.45) is 10.8 Å². The Morgan fingerprint density at radius 1 is 1.10 bits per heavy atom. The monoisotopic (exact) mass is 341 g/mol. The lowest BCUT2D eigenvalue weighted by molar-refractivity contribution is -0.870. The summed E-state index contributed by atoms with van der Waals surface area (Å²) in [6, 6.07) is 0. The Morgan fingerprint density at radius 3 is 2.05 bits per heavy atom. The number of nitrogens with zero attached hydrogens (tertiary/aromatic N) is 1. The van der Waals surface area contributed by atoms with E-state index in [9.17, 15) is 9.46 Å². The molecule has 1 unspecified atom stereocenters. The van der Waals surface area contributed by atoms with Crippen LogP contribution in [-0.2, 0) is 13.6 Å². The molecule has 21 heavy (non-hydrogen) atoms. The van der Waals surface area contributed by atoms with E-state index in [1.165, 1.54) is 0 Å². The van der Waals surface area contributed by atoms with Gasteiger partial charge in [0.2, 0.25) is 0 Å². The molecule has 0 aromatic carbocycles. The molecule has 0 saturated heterocycles. The summed E-state index contributed by atoms with van der Waals surface area (Å²) in [5.41, 5.74) is -0.219. The average molecular weight is 341 g/mol. The predicted molar refractivity (Wildman–Crippen MR) is 88.4 cm³/mol. The molecule has 0 spiro atoms. The van der Waals surface area contributed by atoms with E-state index in [0.29, 0.717) is 11.0 Å². The number of rotatable bonds is 10. The molecule has 0 aliphatic rings. The lowest BCUT2D eigenvalue weighted by Crippen LogP contribution is -2.37. The van der Waals surface area contributed by atoms with Gasteiger partial charge in [-0.1, -0.05) is 27.7 Å². The Labute approximate surface area is 135 Å². The van der Waals surface area contributed by atoms with E-state index in [1.807, 2.05) is 35.0 Å². The van der Waals surface area contributed by atoms with E-state index in [1.54, 1.807) is 0 Å². The van der Waals surface area contributed by atoms with E-state index in [0.717, 1.165) is 12.2 Å². The van der Waals surface area contributed by atoms with Crippen LogP contribution < -0.4 is 4.89 Å². The smallest absolute Gasteiger partial charge is 0.268 e. The standard InChI is InChI=1S/C14H32NO4PS/c1-13(2,10-14(3,4)12-21)11-19-20(16,17)18-9-8-15(5,6)7/h8-12H2,1-7H3,(H-,16,17,21). The molecule has 0 amide bonds. The van der Waals surface area contributed by atoms with E-state index >= 15 is 0 Å². The van der Waals surface area contributed by atoms with Gasteiger partial charge in [-0.3, -0.25) is 4.57 Å². The van der Waals surface area contributed by atoms with Gasteiger partial charge in [0.05, 0.1) is 27.7 Å². The predicted octanol–water partition coefficient (Wildman–Crippen LogP) is 2.57. The lowest BCUT2D eigenvalue weighted by atomic mass is 9.77. The number of thiol groups is 1. The van der Waals surface area contributed by atoms with Crippen molar-refractivity contribution in [1.29, 1.82) is 0 Å². The van der Waals surface area contributed by atoms with Crippen LogP contribution in [0.25, 0.3) is 0 Å². The molecule has 0 aliphatic heterocycles. The molecular formula is C14H32NO4PS. The third-order valence-corrected chi connectivity index (χ3v) is 4.81. The zero-order valence-electron chi connectivity index (χ0n) is 14.5. The van der Waals surface area contributed by atoms with Crippen LogP contribution in [0.4, 0.5) is 0 Å². The van der Waals surface area contributed by atoms with E-state index in [-0.39, 0.29) is 24.0 Å². The van der Waals surface area contributed by atoms with Gasteiger partial charge in [0, 0.05) is 0 Å². The van der Waals surface area contributed by atoms with Crippen molar-refractivity contribution in [2.75, 3.05) is 46.7 Å². The molecule has 0 heterocycles. The minimum Gasteiger partial charge on any atom is -0.756 e. The molecule has 5 nitrogen and oxygen atoms in total. The molecular weight excluding hydrogens is 309 g/mol. The second kappa shape index (κ2) is 7.80. The fourth-order valence-electron chi connectivity index (χ4n) is 2.12. The number of quaternary nitrogens is 1. The van der Waals surface area contributed by atoms with Gasteiger partial charge >= 0.3 is 0 Å². The van der Waals surface area contributed by atoms with Gasteiger partial charge < -0.3 is 18.4 Å². The summed E-state index contributed by atoms with van der Waals surface area (Å²) in [7, 11) is 1.70. The third kappa shape index (κ3) is 11.6. The maximum Gasteiger partial charge on any atom is 0.268 e. The van der Waals surface area contributed by atoms with Crippen LogP contribution in [0.1, 0.15) is 34.1 Å². The highest BCUT2D eigenvalue weighted by Gasteiger charge is 2.29. The van der Waals surface area contributed by atoms with Crippen molar-refractivity contribution in [1.82, 2.24) is 0 Å². The molecule has 0 aromatic heterocycles. The highest BCUT2D eigenvalue weighted by molar-refractivity contribution is 7.80. The molecule has 0 aliphatic carbocycles. The first kappa shape index (κ1) is 21.4. The minimum atomic E-state index is -4.23. The van der Waals surface area contributed by atoms with Crippen LogP contribution >= 0.6 is 20.5 Å². The zero-order chi connectivity index (χ0) is 16.9. The largest absolute Gasteiger partial charge is 0.756 e. The SMILES string of the molecule is CC(C)(CS)CC(C)(C)COP(=O)([O-])OCC[N+](C)(C)C. The van der Waals surface area contributed by atoms with Crippen LogP contribution in [0.15, 0.2) is 0 Å². The summed E-state index contributed by atoms with van der Waals surface area (Å²) in [5, 5.41) is 0. The molecule has 1 atom stereocenters. The third-order valence-electron chi connectivity index (χ3n) is 3.01. The number of phosphoric ester groups is 1. The van der Waals surface area contributed by atoms with E-state index in [4.69, 9.17) is 9.05 Å². The fraction of sp³-hybridized carbons (Fsp3) is 1.00. The van der Waals surface area contributed by atoms with Crippen molar-refractivity contribution in [3.63, 3.8) is 0 Å². The molecule has 0 saturated carbocycles. The van der Waals surface area contributed by atoms with E-state index in [2.05, 4.69) is 26.5 Å². The van der Waals surface area contributed by atoms with Gasteiger partial charge in [-0.2, -0.15) is 12.6 Å². The second-order valence-corrected chi connectivity index (χ2v) is 9.96. The summed E-state index contributed by atoms with van der Waals surface area (Å²) in [6.07, 6.45) is 0.822. The van der Waals surface area contributed by atoms with Crippen molar-refractivity contribution in [3.05, 3.63) is 0 Å². The Kier molecular flexibility index (Phi) is 7.96. The number of hydrogen-bond donors (Lipinski definition) is 1. The molecule has 0 bridgehead atoms. The maximum absolute atomic E-state index is 11.8. The first-order valence-corrected chi connectivity index (χ1v) is 9.29. The highest BCUT2D eigenvalue weighted by Crippen LogP contribution is 2.42. The molecule has 128 valence electrons. The second-order valence-electron chi connectivity index (χ2n) is 8.23. The molecule has 0 aromatic rings. The molecule has 0 radical (unpaired) electrons. The molecule has 7 heteroatoms. The summed E-state index contributed by atoms with van der Waals surface area (Å²) >= 11 is 4.33. The summed E-state index contributed by atoms with van der Waals surface area (Å²) in [5.74, 6) is 0.742. The molecule has 0 rings (SSSR count). The van der Waals surface area contributed by atoms with Crippen LogP contribution in [0, 0.1) is 10.8 Å². The van der Waals surface area contributed by atoms with Gasteiger partial charge in [0.15, 0.2) is 0 Å². The summed E-state index contributed by atoms with van der Waals surface area (Å²) in [6.45, 7) is 9.05.